The molecule has 0 aliphatic rings. The summed E-state index contributed by atoms with van der Waals surface area (Å²) in [6, 6.07) is 8.60. The minimum Gasteiger partial charge on any atom is -0.319 e. The largest absolute Gasteiger partial charge is 0.319 e. The van der Waals surface area contributed by atoms with Crippen molar-refractivity contribution in [2.45, 2.75) is 13.3 Å². The standard InChI is InChI=1S/C12H17N/c1-10(2)12-6-4-11(5-7-12)8-9-13-3/h4-7,13H,1,8-9H2,2-3H3. The van der Waals surface area contributed by atoms with Crippen molar-refractivity contribution in [2.75, 3.05) is 13.6 Å². The molecule has 0 amide bonds. The Morgan fingerprint density at radius 1 is 1.31 bits per heavy atom. The van der Waals surface area contributed by atoms with E-state index in [2.05, 4.69) is 36.2 Å². The smallest absolute Gasteiger partial charge is 0.00114 e. The van der Waals surface area contributed by atoms with E-state index < -0.39 is 0 Å². The summed E-state index contributed by atoms with van der Waals surface area (Å²) in [5.74, 6) is 0. The van der Waals surface area contributed by atoms with Gasteiger partial charge in [-0.05, 0) is 38.1 Å². The third-order valence-electron chi connectivity index (χ3n) is 2.11. The maximum absolute atomic E-state index is 3.90. The molecule has 0 atom stereocenters. The molecule has 1 N–H and O–H groups in total. The molecule has 0 fully saturated rings. The van der Waals surface area contributed by atoms with Crippen molar-refractivity contribution in [3.63, 3.8) is 0 Å². The lowest BCUT2D eigenvalue weighted by Gasteiger charge is -2.03. The normalized spacial score (nSPS) is 10.0. The Morgan fingerprint density at radius 2 is 1.92 bits per heavy atom. The zero-order chi connectivity index (χ0) is 9.68. The molecule has 0 aliphatic carbocycles. The van der Waals surface area contributed by atoms with Crippen LogP contribution in [0, 0.1) is 0 Å². The summed E-state index contributed by atoms with van der Waals surface area (Å²) in [4.78, 5) is 0. The topological polar surface area (TPSA) is 12.0 Å². The maximum Gasteiger partial charge on any atom is -0.00114 e. The van der Waals surface area contributed by atoms with Crippen LogP contribution in [0.5, 0.6) is 0 Å². The van der Waals surface area contributed by atoms with E-state index in [1.807, 2.05) is 14.0 Å². The quantitative estimate of drug-likeness (QED) is 0.741. The third kappa shape index (κ3) is 3.03. The number of nitrogens with one attached hydrogen (secondary N) is 1. The van der Waals surface area contributed by atoms with Crippen molar-refractivity contribution >= 4 is 5.57 Å². The Kier molecular flexibility index (Phi) is 3.71. The van der Waals surface area contributed by atoms with Crippen LogP contribution in [-0.2, 0) is 6.42 Å². The van der Waals surface area contributed by atoms with Crippen LogP contribution in [0.15, 0.2) is 30.8 Å². The Balaban J connectivity index is 2.64. The predicted octanol–water partition coefficient (Wildman–Crippen LogP) is 2.48. The SMILES string of the molecule is C=C(C)c1ccc(CCNC)cc1. The molecule has 0 spiro atoms. The lowest BCUT2D eigenvalue weighted by Crippen LogP contribution is -2.10. The van der Waals surface area contributed by atoms with Gasteiger partial charge in [-0.15, -0.1) is 0 Å². The first-order chi connectivity index (χ1) is 6.24. The zero-order valence-electron chi connectivity index (χ0n) is 8.43. The van der Waals surface area contributed by atoms with Gasteiger partial charge in [-0.1, -0.05) is 36.4 Å². The van der Waals surface area contributed by atoms with Crippen LogP contribution in [0.4, 0.5) is 0 Å². The summed E-state index contributed by atoms with van der Waals surface area (Å²) < 4.78 is 0. The van der Waals surface area contributed by atoms with Gasteiger partial charge < -0.3 is 5.32 Å². The van der Waals surface area contributed by atoms with Crippen molar-refractivity contribution in [3.05, 3.63) is 42.0 Å². The lowest BCUT2D eigenvalue weighted by atomic mass is 10.1. The summed E-state index contributed by atoms with van der Waals surface area (Å²) >= 11 is 0. The molecule has 0 saturated heterocycles. The fourth-order valence-electron chi connectivity index (χ4n) is 1.23. The molecule has 0 bridgehead atoms. The maximum atomic E-state index is 3.90. The zero-order valence-corrected chi connectivity index (χ0v) is 8.43. The monoisotopic (exact) mass is 175 g/mol. The molecular weight excluding hydrogens is 158 g/mol. The van der Waals surface area contributed by atoms with Crippen molar-refractivity contribution in [1.29, 1.82) is 0 Å². The summed E-state index contributed by atoms with van der Waals surface area (Å²) in [5, 5.41) is 3.14. The van der Waals surface area contributed by atoms with Gasteiger partial charge in [-0.25, -0.2) is 0 Å². The molecule has 0 aromatic heterocycles. The molecule has 1 nitrogen and oxygen atoms in total. The van der Waals surface area contributed by atoms with Crippen LogP contribution in [0.3, 0.4) is 0 Å². The first-order valence-electron chi connectivity index (χ1n) is 4.63. The highest BCUT2D eigenvalue weighted by Crippen LogP contribution is 2.12. The molecule has 0 unspecified atom stereocenters. The van der Waals surface area contributed by atoms with Gasteiger partial charge in [-0.3, -0.25) is 0 Å². The molecule has 0 radical (unpaired) electrons. The lowest BCUT2D eigenvalue weighted by molar-refractivity contribution is 0.792. The van der Waals surface area contributed by atoms with Gasteiger partial charge in [0.25, 0.3) is 0 Å². The fourth-order valence-corrected chi connectivity index (χ4v) is 1.23. The Bertz CT molecular complexity index is 272. The number of benzene rings is 1. The van der Waals surface area contributed by atoms with Gasteiger partial charge in [0.15, 0.2) is 0 Å². The average Bonchev–Trinajstić information content (AvgIpc) is 2.15. The Labute approximate surface area is 80.5 Å². The minimum atomic E-state index is 1.03. The second kappa shape index (κ2) is 4.83. The first kappa shape index (κ1) is 10.0. The predicted molar refractivity (Wildman–Crippen MR) is 58.8 cm³/mol. The molecule has 0 saturated carbocycles. The Hall–Kier alpha value is -1.08. The van der Waals surface area contributed by atoms with E-state index in [0.717, 1.165) is 18.5 Å². The molecule has 1 rings (SSSR count). The number of rotatable bonds is 4. The van der Waals surface area contributed by atoms with Crippen LogP contribution in [0.2, 0.25) is 0 Å². The van der Waals surface area contributed by atoms with Crippen LogP contribution in [-0.4, -0.2) is 13.6 Å². The number of likely N-dealkylation sites (N-methyl/N-ethyl adjacent to an activating group) is 1. The summed E-state index contributed by atoms with van der Waals surface area (Å²) in [5.41, 5.74) is 3.73. The van der Waals surface area contributed by atoms with Crippen LogP contribution < -0.4 is 5.32 Å². The van der Waals surface area contributed by atoms with Gasteiger partial charge in [0.05, 0.1) is 0 Å². The van der Waals surface area contributed by atoms with Crippen LogP contribution in [0.1, 0.15) is 18.1 Å². The van der Waals surface area contributed by atoms with Crippen molar-refractivity contribution in [1.82, 2.24) is 5.32 Å². The highest BCUT2D eigenvalue weighted by Gasteiger charge is 1.94. The number of allylic oxidation sites excluding steroid dienone is 1. The van der Waals surface area contributed by atoms with Gasteiger partial charge in [0, 0.05) is 0 Å². The number of hydrogen-bond donors (Lipinski definition) is 1. The van der Waals surface area contributed by atoms with Gasteiger partial charge in [0.2, 0.25) is 0 Å². The van der Waals surface area contributed by atoms with E-state index in [1.54, 1.807) is 0 Å². The first-order valence-corrected chi connectivity index (χ1v) is 4.63. The van der Waals surface area contributed by atoms with E-state index >= 15 is 0 Å². The van der Waals surface area contributed by atoms with E-state index in [0.29, 0.717) is 0 Å². The summed E-state index contributed by atoms with van der Waals surface area (Å²) in [6.07, 6.45) is 1.09. The fraction of sp³-hybridized carbons (Fsp3) is 0.333. The molecular formula is C12H17N. The van der Waals surface area contributed by atoms with Crippen LogP contribution in [0.25, 0.3) is 5.57 Å². The molecule has 13 heavy (non-hydrogen) atoms. The van der Waals surface area contributed by atoms with Gasteiger partial charge in [-0.2, -0.15) is 0 Å². The Morgan fingerprint density at radius 3 is 2.38 bits per heavy atom. The highest BCUT2D eigenvalue weighted by molar-refractivity contribution is 5.61. The second-order valence-electron chi connectivity index (χ2n) is 3.33. The van der Waals surface area contributed by atoms with Crippen LogP contribution >= 0.6 is 0 Å². The van der Waals surface area contributed by atoms with E-state index in [1.165, 1.54) is 11.1 Å². The van der Waals surface area contributed by atoms with E-state index in [4.69, 9.17) is 0 Å². The van der Waals surface area contributed by atoms with Crippen molar-refractivity contribution in [3.8, 4) is 0 Å². The molecule has 1 aromatic carbocycles. The molecule has 1 aromatic rings. The average molecular weight is 175 g/mol. The summed E-state index contributed by atoms with van der Waals surface area (Å²) in [7, 11) is 1.97. The van der Waals surface area contributed by atoms with Gasteiger partial charge >= 0.3 is 0 Å². The molecule has 70 valence electrons. The minimum absolute atomic E-state index is 1.03. The molecule has 1 heteroatoms. The van der Waals surface area contributed by atoms with Crippen molar-refractivity contribution < 1.29 is 0 Å². The summed E-state index contributed by atoms with van der Waals surface area (Å²) in [6.45, 7) is 6.97. The molecule has 0 heterocycles. The van der Waals surface area contributed by atoms with E-state index in [-0.39, 0.29) is 0 Å². The molecule has 0 aliphatic heterocycles. The van der Waals surface area contributed by atoms with E-state index in [9.17, 15) is 0 Å². The van der Waals surface area contributed by atoms with Crippen molar-refractivity contribution in [2.24, 2.45) is 0 Å². The van der Waals surface area contributed by atoms with Gasteiger partial charge in [0.1, 0.15) is 0 Å². The third-order valence-corrected chi connectivity index (χ3v) is 2.11. The number of hydrogen-bond acceptors (Lipinski definition) is 1. The second-order valence-corrected chi connectivity index (χ2v) is 3.33. The highest BCUT2D eigenvalue weighted by atomic mass is 14.8.